The van der Waals surface area contributed by atoms with Crippen LogP contribution in [0.25, 0.3) is 11.4 Å². The molecular formula is C17H18N2O. The Kier molecular flexibility index (Phi) is 2.72. The molecule has 1 heterocycles. The lowest BCUT2D eigenvalue weighted by Crippen LogP contribution is -2.21. The van der Waals surface area contributed by atoms with E-state index in [1.807, 2.05) is 0 Å². The second-order valence-corrected chi connectivity index (χ2v) is 5.94. The molecule has 0 atom stereocenters. The molecule has 4 rings (SSSR count). The molecule has 1 N–H and O–H groups in total. The number of benzene rings is 1. The molecule has 0 radical (unpaired) electrons. The van der Waals surface area contributed by atoms with E-state index in [9.17, 15) is 4.79 Å². The summed E-state index contributed by atoms with van der Waals surface area (Å²) in [5.74, 6) is 1.48. The second-order valence-electron chi connectivity index (χ2n) is 5.94. The molecule has 0 amide bonds. The third-order valence-electron chi connectivity index (χ3n) is 4.42. The molecule has 0 spiro atoms. The Morgan fingerprint density at radius 2 is 1.80 bits per heavy atom. The highest BCUT2D eigenvalue weighted by molar-refractivity contribution is 5.56. The van der Waals surface area contributed by atoms with Crippen molar-refractivity contribution in [1.29, 1.82) is 0 Å². The van der Waals surface area contributed by atoms with Gasteiger partial charge in [-0.05, 0) is 50.0 Å². The van der Waals surface area contributed by atoms with E-state index in [0.29, 0.717) is 0 Å². The molecule has 0 bridgehead atoms. The van der Waals surface area contributed by atoms with E-state index in [1.165, 1.54) is 18.4 Å². The first kappa shape index (κ1) is 11.9. The standard InChI is InChI=1S/C17H18N2O/c20-17-14-3-1-2-4-15(14)18-16(19-17)13-9-7-12(8-10-13)11-5-6-11/h7-11H,1-6H2,(H,18,19,20). The van der Waals surface area contributed by atoms with Crippen LogP contribution in [-0.2, 0) is 12.8 Å². The predicted octanol–water partition coefficient (Wildman–Crippen LogP) is 3.19. The smallest absolute Gasteiger partial charge is 0.254 e. The first-order valence-electron chi connectivity index (χ1n) is 7.53. The molecular weight excluding hydrogens is 248 g/mol. The van der Waals surface area contributed by atoms with Crippen molar-refractivity contribution in [1.82, 2.24) is 9.97 Å². The highest BCUT2D eigenvalue weighted by Crippen LogP contribution is 2.40. The highest BCUT2D eigenvalue weighted by atomic mass is 16.1. The zero-order valence-electron chi connectivity index (χ0n) is 11.5. The van der Waals surface area contributed by atoms with Crippen LogP contribution in [0.15, 0.2) is 29.1 Å². The molecule has 0 aliphatic heterocycles. The monoisotopic (exact) mass is 266 g/mol. The Morgan fingerprint density at radius 3 is 2.55 bits per heavy atom. The van der Waals surface area contributed by atoms with Gasteiger partial charge < -0.3 is 4.98 Å². The minimum absolute atomic E-state index is 0.0518. The molecule has 3 nitrogen and oxygen atoms in total. The van der Waals surface area contributed by atoms with Crippen molar-refractivity contribution in [2.24, 2.45) is 0 Å². The van der Waals surface area contributed by atoms with Crippen LogP contribution in [0.3, 0.4) is 0 Å². The largest absolute Gasteiger partial charge is 0.306 e. The van der Waals surface area contributed by atoms with E-state index in [1.54, 1.807) is 0 Å². The third-order valence-corrected chi connectivity index (χ3v) is 4.42. The average Bonchev–Trinajstić information content (AvgIpc) is 3.32. The Bertz CT molecular complexity index is 696. The number of aryl methyl sites for hydroxylation is 1. The van der Waals surface area contributed by atoms with Gasteiger partial charge in [-0.15, -0.1) is 0 Å². The van der Waals surface area contributed by atoms with E-state index < -0.39 is 0 Å². The first-order chi connectivity index (χ1) is 9.81. The van der Waals surface area contributed by atoms with Crippen molar-refractivity contribution in [3.05, 3.63) is 51.4 Å². The molecule has 2 aromatic rings. The number of nitrogens with zero attached hydrogens (tertiary/aromatic N) is 1. The van der Waals surface area contributed by atoms with Gasteiger partial charge in [0.05, 0.1) is 5.69 Å². The van der Waals surface area contributed by atoms with Crippen molar-refractivity contribution in [3.8, 4) is 11.4 Å². The Balaban J connectivity index is 1.74. The van der Waals surface area contributed by atoms with E-state index >= 15 is 0 Å². The lowest BCUT2D eigenvalue weighted by Gasteiger charge is -2.14. The van der Waals surface area contributed by atoms with Crippen molar-refractivity contribution < 1.29 is 0 Å². The summed E-state index contributed by atoms with van der Waals surface area (Å²) in [6.07, 6.45) is 6.68. The van der Waals surface area contributed by atoms with Gasteiger partial charge in [-0.1, -0.05) is 24.3 Å². The fourth-order valence-corrected chi connectivity index (χ4v) is 3.07. The van der Waals surface area contributed by atoms with Crippen LogP contribution in [0.4, 0.5) is 0 Å². The lowest BCUT2D eigenvalue weighted by atomic mass is 9.97. The van der Waals surface area contributed by atoms with Gasteiger partial charge >= 0.3 is 0 Å². The van der Waals surface area contributed by atoms with Gasteiger partial charge in [0, 0.05) is 11.1 Å². The van der Waals surface area contributed by atoms with Crippen molar-refractivity contribution in [3.63, 3.8) is 0 Å². The third kappa shape index (κ3) is 2.07. The van der Waals surface area contributed by atoms with Gasteiger partial charge in [-0.25, -0.2) is 4.98 Å². The van der Waals surface area contributed by atoms with Crippen LogP contribution < -0.4 is 5.56 Å². The summed E-state index contributed by atoms with van der Waals surface area (Å²) in [4.78, 5) is 19.8. The zero-order chi connectivity index (χ0) is 13.5. The SMILES string of the molecule is O=c1[nH]c(-c2ccc(C3CC3)cc2)nc2c1CCCC2. The maximum Gasteiger partial charge on any atom is 0.254 e. The van der Waals surface area contributed by atoms with Gasteiger partial charge in [0.25, 0.3) is 5.56 Å². The van der Waals surface area contributed by atoms with Crippen LogP contribution in [0.1, 0.15) is 48.4 Å². The van der Waals surface area contributed by atoms with Crippen LogP contribution >= 0.6 is 0 Å². The molecule has 102 valence electrons. The van der Waals surface area contributed by atoms with Crippen LogP contribution in [0, 0.1) is 0 Å². The molecule has 2 aliphatic rings. The summed E-state index contributed by atoms with van der Waals surface area (Å²) >= 11 is 0. The summed E-state index contributed by atoms with van der Waals surface area (Å²) in [6.45, 7) is 0. The predicted molar refractivity (Wildman–Crippen MR) is 78.9 cm³/mol. The molecule has 20 heavy (non-hydrogen) atoms. The Morgan fingerprint density at radius 1 is 1.05 bits per heavy atom. The summed E-state index contributed by atoms with van der Waals surface area (Å²) in [6, 6.07) is 8.52. The number of aromatic nitrogens is 2. The Labute approximate surface area is 118 Å². The molecule has 1 aromatic heterocycles. The normalized spacial score (nSPS) is 17.8. The number of nitrogens with one attached hydrogen (secondary N) is 1. The molecule has 1 aromatic carbocycles. The molecule has 1 saturated carbocycles. The summed E-state index contributed by atoms with van der Waals surface area (Å²) in [5, 5.41) is 0. The van der Waals surface area contributed by atoms with E-state index in [-0.39, 0.29) is 5.56 Å². The van der Waals surface area contributed by atoms with Gasteiger partial charge in [-0.2, -0.15) is 0 Å². The van der Waals surface area contributed by atoms with E-state index in [0.717, 1.165) is 54.2 Å². The van der Waals surface area contributed by atoms with Crippen molar-refractivity contribution in [2.45, 2.75) is 44.4 Å². The second kappa shape index (κ2) is 4.58. The van der Waals surface area contributed by atoms with E-state index in [2.05, 4.69) is 34.2 Å². The number of aromatic amines is 1. The summed E-state index contributed by atoms with van der Waals surface area (Å²) in [7, 11) is 0. The van der Waals surface area contributed by atoms with Crippen molar-refractivity contribution >= 4 is 0 Å². The molecule has 3 heteroatoms. The first-order valence-corrected chi connectivity index (χ1v) is 7.53. The topological polar surface area (TPSA) is 45.8 Å². The quantitative estimate of drug-likeness (QED) is 0.907. The highest BCUT2D eigenvalue weighted by Gasteiger charge is 2.23. The number of hydrogen-bond donors (Lipinski definition) is 1. The minimum atomic E-state index is 0.0518. The zero-order valence-corrected chi connectivity index (χ0v) is 11.5. The number of hydrogen-bond acceptors (Lipinski definition) is 2. The maximum atomic E-state index is 12.1. The van der Waals surface area contributed by atoms with Gasteiger partial charge in [0.1, 0.15) is 5.82 Å². The number of fused-ring (bicyclic) bond motifs is 1. The van der Waals surface area contributed by atoms with Gasteiger partial charge in [0.15, 0.2) is 0 Å². The Hall–Kier alpha value is -1.90. The number of rotatable bonds is 2. The molecule has 0 saturated heterocycles. The molecule has 0 unspecified atom stereocenters. The maximum absolute atomic E-state index is 12.1. The average molecular weight is 266 g/mol. The van der Waals surface area contributed by atoms with Crippen LogP contribution in [0.2, 0.25) is 0 Å². The fraction of sp³-hybridized carbons (Fsp3) is 0.412. The number of H-pyrrole nitrogens is 1. The van der Waals surface area contributed by atoms with Gasteiger partial charge in [-0.3, -0.25) is 4.79 Å². The van der Waals surface area contributed by atoms with Crippen molar-refractivity contribution in [2.75, 3.05) is 0 Å². The van der Waals surface area contributed by atoms with Crippen LogP contribution in [0.5, 0.6) is 0 Å². The molecule has 1 fully saturated rings. The molecule has 2 aliphatic carbocycles. The van der Waals surface area contributed by atoms with Crippen LogP contribution in [-0.4, -0.2) is 9.97 Å². The van der Waals surface area contributed by atoms with E-state index in [4.69, 9.17) is 0 Å². The fourth-order valence-electron chi connectivity index (χ4n) is 3.07. The minimum Gasteiger partial charge on any atom is -0.306 e. The van der Waals surface area contributed by atoms with Gasteiger partial charge in [0.2, 0.25) is 0 Å². The summed E-state index contributed by atoms with van der Waals surface area (Å²) in [5.41, 5.74) is 4.38. The summed E-state index contributed by atoms with van der Waals surface area (Å²) < 4.78 is 0. The lowest BCUT2D eigenvalue weighted by molar-refractivity contribution is 0.657.